The van der Waals surface area contributed by atoms with Gasteiger partial charge in [-0.05, 0) is 56.5 Å². The minimum Gasteiger partial charge on any atom is -0.449 e. The molecule has 5 amide bonds. The fourth-order valence-corrected chi connectivity index (χ4v) is 4.36. The third-order valence-electron chi connectivity index (χ3n) is 6.31. The number of imide groups is 2. The minimum atomic E-state index is -1.24. The summed E-state index contributed by atoms with van der Waals surface area (Å²) in [7, 11) is 0. The van der Waals surface area contributed by atoms with E-state index in [2.05, 4.69) is 10.6 Å². The highest BCUT2D eigenvalue weighted by molar-refractivity contribution is 6.35. The maximum absolute atomic E-state index is 13.0. The van der Waals surface area contributed by atoms with Crippen molar-refractivity contribution in [1.82, 2.24) is 10.6 Å². The van der Waals surface area contributed by atoms with Crippen LogP contribution in [0.5, 0.6) is 0 Å². The van der Waals surface area contributed by atoms with Crippen LogP contribution in [-0.2, 0) is 9.53 Å². The monoisotopic (exact) mass is 477 g/mol. The average molecular weight is 478 g/mol. The first kappa shape index (κ1) is 24.1. The molecule has 1 heterocycles. The average Bonchev–Trinajstić information content (AvgIpc) is 3.09. The zero-order valence-electron chi connectivity index (χ0n) is 19.6. The summed E-state index contributed by atoms with van der Waals surface area (Å²) >= 11 is 0. The number of urea groups is 1. The van der Waals surface area contributed by atoms with Gasteiger partial charge in [0.2, 0.25) is 0 Å². The van der Waals surface area contributed by atoms with Crippen LogP contribution in [0.4, 0.5) is 10.5 Å². The van der Waals surface area contributed by atoms with Gasteiger partial charge in [-0.1, -0.05) is 37.5 Å². The van der Waals surface area contributed by atoms with Crippen LogP contribution in [0.2, 0.25) is 0 Å². The zero-order chi connectivity index (χ0) is 25.1. The first-order valence-electron chi connectivity index (χ1n) is 11.7. The lowest BCUT2D eigenvalue weighted by Gasteiger charge is -2.23. The molecule has 0 unspecified atom stereocenters. The zero-order valence-corrected chi connectivity index (χ0v) is 19.6. The summed E-state index contributed by atoms with van der Waals surface area (Å²) in [6.45, 7) is 3.15. The number of nitrogens with one attached hydrogen (secondary N) is 2. The van der Waals surface area contributed by atoms with E-state index in [1.165, 1.54) is 25.1 Å². The molecular formula is C26H27N3O6. The second-order valence-corrected chi connectivity index (χ2v) is 8.84. The van der Waals surface area contributed by atoms with E-state index in [1.807, 2.05) is 6.07 Å². The molecule has 2 N–H and O–H groups in total. The van der Waals surface area contributed by atoms with Gasteiger partial charge in [0.1, 0.15) is 0 Å². The largest absolute Gasteiger partial charge is 0.449 e. The van der Waals surface area contributed by atoms with Gasteiger partial charge in [0.25, 0.3) is 17.7 Å². The number of hydrogen-bond donors (Lipinski definition) is 2. The number of benzene rings is 2. The Labute approximate surface area is 202 Å². The van der Waals surface area contributed by atoms with Gasteiger partial charge in [0, 0.05) is 6.04 Å². The molecule has 182 valence electrons. The Balaban J connectivity index is 1.40. The molecule has 9 heteroatoms. The smallest absolute Gasteiger partial charge is 0.338 e. The second kappa shape index (κ2) is 10.1. The number of fused-ring (bicyclic) bond motifs is 1. The summed E-state index contributed by atoms with van der Waals surface area (Å²) < 4.78 is 5.20. The highest BCUT2D eigenvalue weighted by Gasteiger charge is 2.38. The number of esters is 1. The molecule has 1 atom stereocenters. The maximum atomic E-state index is 13.0. The number of anilines is 1. The van der Waals surface area contributed by atoms with Crippen LogP contribution < -0.4 is 15.5 Å². The maximum Gasteiger partial charge on any atom is 0.338 e. The van der Waals surface area contributed by atoms with Crippen molar-refractivity contribution < 1.29 is 28.7 Å². The van der Waals surface area contributed by atoms with Gasteiger partial charge in [-0.25, -0.2) is 14.5 Å². The molecule has 35 heavy (non-hydrogen) atoms. The number of carbonyl (C=O) groups excluding carboxylic acids is 5. The summed E-state index contributed by atoms with van der Waals surface area (Å²) in [5.74, 6) is -2.63. The van der Waals surface area contributed by atoms with Crippen molar-refractivity contribution in [2.45, 2.75) is 58.1 Å². The first-order chi connectivity index (χ1) is 16.8. The molecular weight excluding hydrogens is 450 g/mol. The third-order valence-corrected chi connectivity index (χ3v) is 6.31. The van der Waals surface area contributed by atoms with Crippen LogP contribution in [0.25, 0.3) is 0 Å². The molecule has 0 saturated heterocycles. The lowest BCUT2D eigenvalue weighted by Crippen LogP contribution is -2.48. The molecule has 1 aliphatic carbocycles. The minimum absolute atomic E-state index is 0.0165. The number of nitrogens with zero attached hydrogens (tertiary/aromatic N) is 1. The fourth-order valence-electron chi connectivity index (χ4n) is 4.36. The van der Waals surface area contributed by atoms with E-state index in [1.54, 1.807) is 25.1 Å². The van der Waals surface area contributed by atoms with Gasteiger partial charge in [-0.3, -0.25) is 19.7 Å². The van der Waals surface area contributed by atoms with Gasteiger partial charge in [0.15, 0.2) is 6.10 Å². The van der Waals surface area contributed by atoms with Gasteiger partial charge in [-0.15, -0.1) is 0 Å². The van der Waals surface area contributed by atoms with E-state index < -0.39 is 35.8 Å². The molecule has 1 fully saturated rings. The molecule has 2 aliphatic rings. The molecule has 2 aromatic rings. The normalized spacial score (nSPS) is 16.5. The van der Waals surface area contributed by atoms with Crippen LogP contribution in [0, 0.1) is 6.92 Å². The fraction of sp³-hybridized carbons (Fsp3) is 0.346. The van der Waals surface area contributed by atoms with Crippen LogP contribution in [0.3, 0.4) is 0 Å². The summed E-state index contributed by atoms with van der Waals surface area (Å²) in [5, 5.41) is 4.96. The quantitative estimate of drug-likeness (QED) is 0.502. The van der Waals surface area contributed by atoms with Crippen LogP contribution in [0.15, 0.2) is 42.5 Å². The van der Waals surface area contributed by atoms with Crippen molar-refractivity contribution in [3.63, 3.8) is 0 Å². The van der Waals surface area contributed by atoms with Crippen molar-refractivity contribution in [2.75, 3.05) is 4.90 Å². The second-order valence-electron chi connectivity index (χ2n) is 8.84. The van der Waals surface area contributed by atoms with Crippen LogP contribution >= 0.6 is 0 Å². The van der Waals surface area contributed by atoms with Gasteiger partial charge < -0.3 is 10.1 Å². The number of para-hydroxylation sites is 1. The van der Waals surface area contributed by atoms with E-state index in [4.69, 9.17) is 4.74 Å². The SMILES string of the molecule is Cc1ccccc1N1C(=O)c2ccc(C(=O)O[C@H](C)C(=O)NC(=O)NC3CCCCC3)cc2C1=O. The highest BCUT2D eigenvalue weighted by atomic mass is 16.5. The van der Waals surface area contributed by atoms with E-state index >= 15 is 0 Å². The molecule has 4 rings (SSSR count). The van der Waals surface area contributed by atoms with Crippen molar-refractivity contribution in [1.29, 1.82) is 0 Å². The summed E-state index contributed by atoms with van der Waals surface area (Å²) in [6, 6.07) is 10.5. The van der Waals surface area contributed by atoms with Crippen molar-refractivity contribution in [3.05, 3.63) is 64.7 Å². The number of ether oxygens (including phenoxy) is 1. The summed E-state index contributed by atoms with van der Waals surface area (Å²) in [6.07, 6.45) is 3.70. The molecule has 1 saturated carbocycles. The molecule has 0 bridgehead atoms. The van der Waals surface area contributed by atoms with Crippen molar-refractivity contribution in [3.8, 4) is 0 Å². The number of hydrogen-bond acceptors (Lipinski definition) is 6. The molecule has 0 radical (unpaired) electrons. The number of rotatable bonds is 5. The van der Waals surface area contributed by atoms with Gasteiger partial charge in [-0.2, -0.15) is 0 Å². The van der Waals surface area contributed by atoms with Crippen molar-refractivity contribution in [2.24, 2.45) is 0 Å². The van der Waals surface area contributed by atoms with Crippen molar-refractivity contribution >= 4 is 35.4 Å². The Hall–Kier alpha value is -4.01. The molecule has 0 aromatic heterocycles. The standard InChI is InChI=1S/C26H27N3O6/c1-15-8-6-7-11-21(15)29-23(31)19-13-12-17(14-20(19)24(29)32)25(33)35-16(2)22(30)28-26(34)27-18-9-4-3-5-10-18/h6-8,11-14,16,18H,3-5,9-10H2,1-2H3,(H2,27,28,30,34)/t16-/m1/s1. The Morgan fingerprint density at radius 3 is 2.37 bits per heavy atom. The van der Waals surface area contributed by atoms with Gasteiger partial charge in [0.05, 0.1) is 22.4 Å². The van der Waals surface area contributed by atoms with E-state index in [9.17, 15) is 24.0 Å². The molecule has 1 aliphatic heterocycles. The van der Waals surface area contributed by atoms with E-state index in [0.717, 1.165) is 42.6 Å². The molecule has 0 spiro atoms. The van der Waals surface area contributed by atoms with E-state index in [0.29, 0.717) is 5.69 Å². The van der Waals surface area contributed by atoms with E-state index in [-0.39, 0.29) is 22.7 Å². The predicted molar refractivity (Wildman–Crippen MR) is 127 cm³/mol. The Morgan fingerprint density at radius 2 is 1.66 bits per heavy atom. The summed E-state index contributed by atoms with van der Waals surface area (Å²) in [5.41, 5.74) is 1.51. The number of carbonyl (C=O) groups is 5. The van der Waals surface area contributed by atoms with Gasteiger partial charge >= 0.3 is 12.0 Å². The lowest BCUT2D eigenvalue weighted by atomic mass is 9.96. The molecule has 9 nitrogen and oxygen atoms in total. The Morgan fingerprint density at radius 1 is 0.971 bits per heavy atom. The first-order valence-corrected chi connectivity index (χ1v) is 11.7. The number of amides is 5. The Bertz CT molecular complexity index is 1200. The predicted octanol–water partition coefficient (Wildman–Crippen LogP) is 3.50. The molecule has 2 aromatic carbocycles. The number of aryl methyl sites for hydroxylation is 1. The Kier molecular flexibility index (Phi) is 6.95. The topological polar surface area (TPSA) is 122 Å². The summed E-state index contributed by atoms with van der Waals surface area (Å²) in [4.78, 5) is 64.0. The van der Waals surface area contributed by atoms with Crippen LogP contribution in [-0.4, -0.2) is 41.9 Å². The highest BCUT2D eigenvalue weighted by Crippen LogP contribution is 2.31. The lowest BCUT2D eigenvalue weighted by molar-refractivity contribution is -0.127. The third kappa shape index (κ3) is 5.08. The van der Waals surface area contributed by atoms with Crippen LogP contribution in [0.1, 0.15) is 75.7 Å².